The summed E-state index contributed by atoms with van der Waals surface area (Å²) < 4.78 is 0. The molecule has 1 aliphatic carbocycles. The standard InChI is InChI=1S/C15H20ClNO2/c16-11-7-8-13(17)12(9-11)14(15(18)19)10-5-3-1-2-4-6-10/h7-10,14H,1-6,17H2,(H,18,19). The molecule has 1 aromatic carbocycles. The number of aliphatic carboxylic acids is 1. The van der Waals surface area contributed by atoms with Crippen molar-refractivity contribution in [1.29, 1.82) is 0 Å². The normalized spacial score (nSPS) is 18.8. The third kappa shape index (κ3) is 3.41. The summed E-state index contributed by atoms with van der Waals surface area (Å²) in [6.45, 7) is 0. The second-order valence-corrected chi connectivity index (χ2v) is 5.78. The third-order valence-electron chi connectivity index (χ3n) is 4.02. The van der Waals surface area contributed by atoms with Gasteiger partial charge in [0.15, 0.2) is 0 Å². The van der Waals surface area contributed by atoms with Gasteiger partial charge in [-0.1, -0.05) is 37.3 Å². The van der Waals surface area contributed by atoms with E-state index in [9.17, 15) is 9.90 Å². The zero-order chi connectivity index (χ0) is 13.8. The van der Waals surface area contributed by atoms with Crippen LogP contribution in [0.25, 0.3) is 0 Å². The van der Waals surface area contributed by atoms with E-state index in [1.807, 2.05) is 0 Å². The van der Waals surface area contributed by atoms with Gasteiger partial charge in [-0.25, -0.2) is 0 Å². The molecule has 0 aromatic heterocycles. The highest BCUT2D eigenvalue weighted by Gasteiger charge is 2.31. The van der Waals surface area contributed by atoms with Crippen molar-refractivity contribution in [3.8, 4) is 0 Å². The molecule has 1 aromatic rings. The highest BCUT2D eigenvalue weighted by atomic mass is 35.5. The van der Waals surface area contributed by atoms with E-state index in [-0.39, 0.29) is 5.92 Å². The second-order valence-electron chi connectivity index (χ2n) is 5.34. The van der Waals surface area contributed by atoms with Gasteiger partial charge in [-0.05, 0) is 42.5 Å². The van der Waals surface area contributed by atoms with Crippen LogP contribution in [0.15, 0.2) is 18.2 Å². The zero-order valence-corrected chi connectivity index (χ0v) is 11.7. The van der Waals surface area contributed by atoms with Crippen LogP contribution in [0.1, 0.15) is 50.0 Å². The first-order valence-corrected chi connectivity index (χ1v) is 7.25. The number of halogens is 1. The second kappa shape index (κ2) is 6.29. The highest BCUT2D eigenvalue weighted by molar-refractivity contribution is 6.30. The SMILES string of the molecule is Nc1ccc(Cl)cc1C(C(=O)O)C1CCCCCC1. The van der Waals surface area contributed by atoms with E-state index in [1.54, 1.807) is 18.2 Å². The Morgan fingerprint density at radius 3 is 2.47 bits per heavy atom. The molecule has 0 saturated heterocycles. The van der Waals surface area contributed by atoms with Crippen molar-refractivity contribution in [2.24, 2.45) is 5.92 Å². The summed E-state index contributed by atoms with van der Waals surface area (Å²) in [5.41, 5.74) is 7.15. The fraction of sp³-hybridized carbons (Fsp3) is 0.533. The molecule has 1 fully saturated rings. The van der Waals surface area contributed by atoms with Gasteiger partial charge in [0.05, 0.1) is 5.92 Å². The van der Waals surface area contributed by atoms with Crippen molar-refractivity contribution in [1.82, 2.24) is 0 Å². The average Bonchev–Trinajstić information content (AvgIpc) is 2.62. The van der Waals surface area contributed by atoms with E-state index in [0.717, 1.165) is 25.7 Å². The lowest BCUT2D eigenvalue weighted by Crippen LogP contribution is -2.22. The van der Waals surface area contributed by atoms with E-state index in [1.165, 1.54) is 12.8 Å². The van der Waals surface area contributed by atoms with Crippen molar-refractivity contribution >= 4 is 23.3 Å². The predicted molar refractivity (Wildman–Crippen MR) is 77.4 cm³/mol. The lowest BCUT2D eigenvalue weighted by Gasteiger charge is -2.24. The molecule has 2 rings (SSSR count). The van der Waals surface area contributed by atoms with Crippen LogP contribution in [0.4, 0.5) is 5.69 Å². The summed E-state index contributed by atoms with van der Waals surface area (Å²) in [6, 6.07) is 5.11. The zero-order valence-electron chi connectivity index (χ0n) is 10.9. The van der Waals surface area contributed by atoms with Gasteiger partial charge < -0.3 is 10.8 Å². The van der Waals surface area contributed by atoms with E-state index in [4.69, 9.17) is 17.3 Å². The molecule has 0 aliphatic heterocycles. The Balaban J connectivity index is 2.33. The molecule has 1 unspecified atom stereocenters. The first-order chi connectivity index (χ1) is 9.09. The first-order valence-electron chi connectivity index (χ1n) is 6.87. The Bertz CT molecular complexity index is 453. The molecule has 19 heavy (non-hydrogen) atoms. The van der Waals surface area contributed by atoms with Crippen LogP contribution in [0.3, 0.4) is 0 Å². The number of carboxylic acids is 1. The molecule has 3 nitrogen and oxygen atoms in total. The monoisotopic (exact) mass is 281 g/mol. The Morgan fingerprint density at radius 2 is 1.89 bits per heavy atom. The number of hydrogen-bond donors (Lipinski definition) is 2. The third-order valence-corrected chi connectivity index (χ3v) is 4.26. The van der Waals surface area contributed by atoms with Crippen LogP contribution in [0.5, 0.6) is 0 Å². The molecule has 0 spiro atoms. The maximum Gasteiger partial charge on any atom is 0.311 e. The molecule has 0 bridgehead atoms. The molecular formula is C15H20ClNO2. The van der Waals surface area contributed by atoms with Gasteiger partial charge in [0.1, 0.15) is 0 Å². The Labute approximate surface area is 118 Å². The summed E-state index contributed by atoms with van der Waals surface area (Å²) >= 11 is 5.99. The Hall–Kier alpha value is -1.22. The number of benzene rings is 1. The average molecular weight is 282 g/mol. The minimum Gasteiger partial charge on any atom is -0.481 e. The molecule has 4 heteroatoms. The molecule has 3 N–H and O–H groups in total. The van der Waals surface area contributed by atoms with Crippen molar-refractivity contribution in [3.05, 3.63) is 28.8 Å². The summed E-state index contributed by atoms with van der Waals surface area (Å²) in [5.74, 6) is -1.15. The minimum absolute atomic E-state index is 0.167. The van der Waals surface area contributed by atoms with Gasteiger partial charge >= 0.3 is 5.97 Å². The maximum absolute atomic E-state index is 11.7. The summed E-state index contributed by atoms with van der Waals surface area (Å²) in [5, 5.41) is 10.1. The van der Waals surface area contributed by atoms with Crippen LogP contribution in [0.2, 0.25) is 5.02 Å². The summed E-state index contributed by atoms with van der Waals surface area (Å²) in [6.07, 6.45) is 6.54. The molecule has 0 heterocycles. The van der Waals surface area contributed by atoms with Crippen molar-refractivity contribution in [3.63, 3.8) is 0 Å². The number of carboxylic acid groups (broad SMARTS) is 1. The van der Waals surface area contributed by atoms with Gasteiger partial charge in [0.2, 0.25) is 0 Å². The smallest absolute Gasteiger partial charge is 0.311 e. The molecule has 1 saturated carbocycles. The largest absolute Gasteiger partial charge is 0.481 e. The fourth-order valence-corrected chi connectivity index (χ4v) is 3.23. The van der Waals surface area contributed by atoms with Gasteiger partial charge in [-0.15, -0.1) is 0 Å². The molecule has 0 radical (unpaired) electrons. The van der Waals surface area contributed by atoms with Crippen molar-refractivity contribution < 1.29 is 9.90 Å². The van der Waals surface area contributed by atoms with E-state index < -0.39 is 11.9 Å². The highest BCUT2D eigenvalue weighted by Crippen LogP contribution is 2.38. The van der Waals surface area contributed by atoms with Crippen LogP contribution in [-0.4, -0.2) is 11.1 Å². The van der Waals surface area contributed by atoms with Crippen LogP contribution >= 0.6 is 11.6 Å². The molecular weight excluding hydrogens is 262 g/mol. The van der Waals surface area contributed by atoms with Gasteiger partial charge in [0, 0.05) is 10.7 Å². The molecule has 1 aliphatic rings. The number of rotatable bonds is 3. The topological polar surface area (TPSA) is 63.3 Å². The fourth-order valence-electron chi connectivity index (χ4n) is 3.05. The first kappa shape index (κ1) is 14.2. The number of anilines is 1. The van der Waals surface area contributed by atoms with Crippen LogP contribution in [0, 0.1) is 5.92 Å². The number of hydrogen-bond acceptors (Lipinski definition) is 2. The Kier molecular flexibility index (Phi) is 4.70. The van der Waals surface area contributed by atoms with Gasteiger partial charge in [-0.3, -0.25) is 4.79 Å². The molecule has 104 valence electrons. The van der Waals surface area contributed by atoms with Gasteiger partial charge in [-0.2, -0.15) is 0 Å². The summed E-state index contributed by atoms with van der Waals surface area (Å²) in [4.78, 5) is 11.7. The quantitative estimate of drug-likeness (QED) is 0.649. The lowest BCUT2D eigenvalue weighted by atomic mass is 9.81. The van der Waals surface area contributed by atoms with Crippen LogP contribution < -0.4 is 5.73 Å². The van der Waals surface area contributed by atoms with Gasteiger partial charge in [0.25, 0.3) is 0 Å². The van der Waals surface area contributed by atoms with E-state index >= 15 is 0 Å². The number of nitrogen functional groups attached to an aromatic ring is 1. The van der Waals surface area contributed by atoms with E-state index in [0.29, 0.717) is 16.3 Å². The van der Waals surface area contributed by atoms with Crippen molar-refractivity contribution in [2.45, 2.75) is 44.4 Å². The lowest BCUT2D eigenvalue weighted by molar-refractivity contribution is -0.140. The Morgan fingerprint density at radius 1 is 1.26 bits per heavy atom. The van der Waals surface area contributed by atoms with Crippen LogP contribution in [-0.2, 0) is 4.79 Å². The minimum atomic E-state index is -0.791. The van der Waals surface area contributed by atoms with Crippen molar-refractivity contribution in [2.75, 3.05) is 5.73 Å². The maximum atomic E-state index is 11.7. The predicted octanol–water partition coefficient (Wildman–Crippen LogP) is 4.06. The molecule has 0 amide bonds. The summed E-state index contributed by atoms with van der Waals surface area (Å²) in [7, 11) is 0. The van der Waals surface area contributed by atoms with E-state index in [2.05, 4.69) is 0 Å². The molecule has 1 atom stereocenters. The number of carbonyl (C=O) groups is 1. The number of nitrogens with two attached hydrogens (primary N) is 1.